The maximum Gasteiger partial charge on any atom is 0.326 e. The number of benzene rings is 1. The number of esters is 1. The van der Waals surface area contributed by atoms with Gasteiger partial charge in [-0.2, -0.15) is 0 Å². The van der Waals surface area contributed by atoms with Crippen LogP contribution in [0.15, 0.2) is 24.3 Å². The van der Waals surface area contributed by atoms with Crippen LogP contribution in [0.3, 0.4) is 0 Å². The van der Waals surface area contributed by atoms with E-state index in [2.05, 4.69) is 22.6 Å². The molecule has 0 bridgehead atoms. The van der Waals surface area contributed by atoms with Gasteiger partial charge < -0.3 is 10.5 Å². The number of halogens is 1. The third kappa shape index (κ3) is 3.45. The average Bonchev–Trinajstić information content (AvgIpc) is 2.21. The Morgan fingerprint density at radius 1 is 1.50 bits per heavy atom. The Bertz CT molecular complexity index is 377. The van der Waals surface area contributed by atoms with Crippen molar-refractivity contribution in [1.29, 1.82) is 0 Å². The first-order valence-electron chi connectivity index (χ1n) is 5.17. The zero-order valence-corrected chi connectivity index (χ0v) is 11.7. The highest BCUT2D eigenvalue weighted by Gasteiger charge is 2.30. The summed E-state index contributed by atoms with van der Waals surface area (Å²) in [5.74, 6) is -0.352. The van der Waals surface area contributed by atoms with Gasteiger partial charge >= 0.3 is 5.97 Å². The van der Waals surface area contributed by atoms with Crippen molar-refractivity contribution < 1.29 is 9.53 Å². The number of hydrogen-bond donors (Lipinski definition) is 1. The van der Waals surface area contributed by atoms with Gasteiger partial charge in [-0.05, 0) is 48.1 Å². The Morgan fingerprint density at radius 3 is 2.69 bits per heavy atom. The second-order valence-electron chi connectivity index (χ2n) is 3.91. The Balaban J connectivity index is 2.80. The molecule has 0 aromatic heterocycles. The van der Waals surface area contributed by atoms with Crippen molar-refractivity contribution in [1.82, 2.24) is 0 Å². The molecule has 16 heavy (non-hydrogen) atoms. The predicted octanol–water partition coefficient (Wildman–Crippen LogP) is 2.11. The van der Waals surface area contributed by atoms with Gasteiger partial charge in [-0.1, -0.05) is 18.2 Å². The molecule has 4 heteroatoms. The van der Waals surface area contributed by atoms with E-state index in [0.29, 0.717) is 13.0 Å². The summed E-state index contributed by atoms with van der Waals surface area (Å²) < 4.78 is 6.06. The second-order valence-corrected chi connectivity index (χ2v) is 5.07. The van der Waals surface area contributed by atoms with E-state index in [1.54, 1.807) is 13.8 Å². The predicted molar refractivity (Wildman–Crippen MR) is 72.1 cm³/mol. The van der Waals surface area contributed by atoms with E-state index in [0.717, 1.165) is 9.13 Å². The molecule has 0 saturated carbocycles. The summed E-state index contributed by atoms with van der Waals surface area (Å²) in [5, 5.41) is 0. The van der Waals surface area contributed by atoms with E-state index >= 15 is 0 Å². The molecule has 0 aliphatic heterocycles. The molecule has 0 fully saturated rings. The Kier molecular flexibility index (Phi) is 4.73. The number of carbonyl (C=O) groups excluding carboxylic acids is 1. The molecule has 1 aromatic rings. The molecule has 0 saturated heterocycles. The quantitative estimate of drug-likeness (QED) is 0.678. The molecule has 88 valence electrons. The number of carbonyl (C=O) groups is 1. The lowest BCUT2D eigenvalue weighted by Gasteiger charge is -2.22. The number of hydrogen-bond acceptors (Lipinski definition) is 3. The van der Waals surface area contributed by atoms with Gasteiger partial charge in [-0.25, -0.2) is 0 Å². The van der Waals surface area contributed by atoms with Gasteiger partial charge in [0, 0.05) is 9.99 Å². The number of nitrogens with two attached hydrogens (primary N) is 1. The summed E-state index contributed by atoms with van der Waals surface area (Å²) >= 11 is 2.24. The fourth-order valence-electron chi connectivity index (χ4n) is 1.41. The van der Waals surface area contributed by atoms with Crippen LogP contribution in [0.2, 0.25) is 0 Å². The first kappa shape index (κ1) is 13.4. The number of rotatable bonds is 4. The third-order valence-corrected chi connectivity index (χ3v) is 3.31. The Morgan fingerprint density at radius 2 is 2.12 bits per heavy atom. The molecule has 1 aromatic carbocycles. The molecule has 0 heterocycles. The van der Waals surface area contributed by atoms with Crippen LogP contribution >= 0.6 is 22.6 Å². The summed E-state index contributed by atoms with van der Waals surface area (Å²) in [5.41, 5.74) is 6.08. The molecule has 0 spiro atoms. The summed E-state index contributed by atoms with van der Waals surface area (Å²) in [6, 6.07) is 7.88. The van der Waals surface area contributed by atoms with Gasteiger partial charge in [0.1, 0.15) is 5.54 Å². The van der Waals surface area contributed by atoms with E-state index in [9.17, 15) is 4.79 Å². The highest BCUT2D eigenvalue weighted by Crippen LogP contribution is 2.18. The topological polar surface area (TPSA) is 52.3 Å². The first-order chi connectivity index (χ1) is 7.47. The monoisotopic (exact) mass is 333 g/mol. The molecule has 3 nitrogen and oxygen atoms in total. The first-order valence-corrected chi connectivity index (χ1v) is 6.24. The van der Waals surface area contributed by atoms with Gasteiger partial charge in [0.05, 0.1) is 6.61 Å². The molecule has 1 atom stereocenters. The van der Waals surface area contributed by atoms with Crippen LogP contribution < -0.4 is 5.73 Å². The maximum atomic E-state index is 11.6. The third-order valence-electron chi connectivity index (χ3n) is 2.26. The van der Waals surface area contributed by atoms with Crippen molar-refractivity contribution >= 4 is 28.6 Å². The minimum atomic E-state index is -0.961. The fourth-order valence-corrected chi connectivity index (χ4v) is 1.98. The standard InChI is InChI=1S/C12H16INO2/c1-3-16-11(15)12(2,14)8-9-6-4-5-7-10(9)13/h4-7H,3,8,14H2,1-2H3/t12-/m0/s1. The zero-order valence-electron chi connectivity index (χ0n) is 9.50. The Labute approximate surface area is 109 Å². The van der Waals surface area contributed by atoms with E-state index in [1.807, 2.05) is 24.3 Å². The average molecular weight is 333 g/mol. The van der Waals surface area contributed by atoms with Crippen LogP contribution in [-0.2, 0) is 16.0 Å². The lowest BCUT2D eigenvalue weighted by Crippen LogP contribution is -2.48. The van der Waals surface area contributed by atoms with Crippen LogP contribution in [-0.4, -0.2) is 18.1 Å². The van der Waals surface area contributed by atoms with Gasteiger partial charge in [-0.3, -0.25) is 4.79 Å². The van der Waals surface area contributed by atoms with Gasteiger partial charge in [0.15, 0.2) is 0 Å². The summed E-state index contributed by atoms with van der Waals surface area (Å²) in [7, 11) is 0. The largest absolute Gasteiger partial charge is 0.465 e. The van der Waals surface area contributed by atoms with E-state index in [1.165, 1.54) is 0 Å². The Hall–Kier alpha value is -0.620. The molecule has 0 aliphatic carbocycles. The highest BCUT2D eigenvalue weighted by molar-refractivity contribution is 14.1. The summed E-state index contributed by atoms with van der Waals surface area (Å²) in [6.07, 6.45) is 0.491. The minimum Gasteiger partial charge on any atom is -0.465 e. The van der Waals surface area contributed by atoms with Crippen LogP contribution in [0.4, 0.5) is 0 Å². The smallest absolute Gasteiger partial charge is 0.326 e. The fraction of sp³-hybridized carbons (Fsp3) is 0.417. The van der Waals surface area contributed by atoms with Gasteiger partial charge in [-0.15, -0.1) is 0 Å². The summed E-state index contributed by atoms with van der Waals surface area (Å²) in [4.78, 5) is 11.6. The molecule has 0 aliphatic rings. The molecular weight excluding hydrogens is 317 g/mol. The van der Waals surface area contributed by atoms with Crippen molar-refractivity contribution in [2.24, 2.45) is 5.73 Å². The van der Waals surface area contributed by atoms with Crippen LogP contribution in [0.1, 0.15) is 19.4 Å². The molecule has 0 amide bonds. The van der Waals surface area contributed by atoms with Crippen molar-refractivity contribution in [3.05, 3.63) is 33.4 Å². The molecule has 0 unspecified atom stereocenters. The van der Waals surface area contributed by atoms with Crippen LogP contribution in [0, 0.1) is 3.57 Å². The van der Waals surface area contributed by atoms with E-state index < -0.39 is 5.54 Å². The minimum absolute atomic E-state index is 0.352. The summed E-state index contributed by atoms with van der Waals surface area (Å²) in [6.45, 7) is 3.84. The van der Waals surface area contributed by atoms with Crippen molar-refractivity contribution in [3.63, 3.8) is 0 Å². The van der Waals surface area contributed by atoms with Crippen LogP contribution in [0.25, 0.3) is 0 Å². The van der Waals surface area contributed by atoms with Gasteiger partial charge in [0.25, 0.3) is 0 Å². The van der Waals surface area contributed by atoms with E-state index in [4.69, 9.17) is 10.5 Å². The lowest BCUT2D eigenvalue weighted by atomic mass is 9.94. The lowest BCUT2D eigenvalue weighted by molar-refractivity contribution is -0.148. The van der Waals surface area contributed by atoms with Crippen molar-refractivity contribution in [2.45, 2.75) is 25.8 Å². The van der Waals surface area contributed by atoms with Crippen molar-refractivity contribution in [3.8, 4) is 0 Å². The maximum absolute atomic E-state index is 11.6. The van der Waals surface area contributed by atoms with Crippen LogP contribution in [0.5, 0.6) is 0 Å². The second kappa shape index (κ2) is 5.63. The molecule has 2 N–H and O–H groups in total. The molecule has 0 radical (unpaired) electrons. The van der Waals surface area contributed by atoms with E-state index in [-0.39, 0.29) is 5.97 Å². The SMILES string of the molecule is CCOC(=O)[C@@](C)(N)Cc1ccccc1I. The number of ether oxygens (including phenoxy) is 1. The van der Waals surface area contributed by atoms with Gasteiger partial charge in [0.2, 0.25) is 0 Å². The van der Waals surface area contributed by atoms with Crippen molar-refractivity contribution in [2.75, 3.05) is 6.61 Å². The normalized spacial score (nSPS) is 14.2. The molecule has 1 rings (SSSR count). The highest BCUT2D eigenvalue weighted by atomic mass is 127. The zero-order chi connectivity index (χ0) is 12.2. The molecular formula is C12H16INO2.